The molecule has 9 unspecified atom stereocenters. The molecule has 0 amide bonds. The molecule has 2 aliphatic heterocycles. The average molecular weight is 1060 g/mol. The molecule has 2 heterocycles. The van der Waals surface area contributed by atoms with Gasteiger partial charge in [0.15, 0.2) is 0 Å². The lowest BCUT2D eigenvalue weighted by atomic mass is 9.95. The summed E-state index contributed by atoms with van der Waals surface area (Å²) in [4.78, 5) is 5.13. The molecule has 0 saturated carbocycles. The topological polar surface area (TPSA) is 199 Å². The van der Waals surface area contributed by atoms with Crippen LogP contribution in [0.5, 0.6) is 0 Å². The predicted octanol–water partition coefficient (Wildman–Crippen LogP) is 11.6. The molecule has 0 radical (unpaired) electrons. The maximum atomic E-state index is 11.2. The Morgan fingerprint density at radius 1 is 0.519 bits per heavy atom. The summed E-state index contributed by atoms with van der Waals surface area (Å²) in [6.45, 7) is 8.54. The molecule has 2 saturated heterocycles. The van der Waals surface area contributed by atoms with E-state index in [0.29, 0.717) is 18.9 Å². The second kappa shape index (κ2) is 39.3. The molecule has 4 aromatic rings. The van der Waals surface area contributed by atoms with Crippen molar-refractivity contribution >= 4 is 11.4 Å². The molecule has 4 aromatic carbocycles. The number of nitrogens with two attached hydrogens (primary N) is 1. The summed E-state index contributed by atoms with van der Waals surface area (Å²) in [6.07, 6.45) is 19.5. The maximum Gasteiger partial charge on any atom is 0.224 e. The van der Waals surface area contributed by atoms with Crippen molar-refractivity contribution in [2.45, 2.75) is 192 Å². The Balaban J connectivity index is 0.000000279. The number of unbranched alkanes of at least 4 members (excludes halogenated alkanes) is 14. The Labute approximate surface area is 461 Å². The fourth-order valence-electron chi connectivity index (χ4n) is 9.17. The number of aliphatic imine (C=N–C) groups is 1. The zero-order chi connectivity index (χ0) is 55.3. The Kier molecular flexibility index (Phi) is 32.9. The second-order valence-electron chi connectivity index (χ2n) is 19.6. The smallest absolute Gasteiger partial charge is 0.224 e. The number of aliphatic hydroxyl groups is 4. The van der Waals surface area contributed by atoms with Crippen LogP contribution in [-0.2, 0) is 28.4 Å². The molecule has 13 nitrogen and oxygen atoms in total. The van der Waals surface area contributed by atoms with Crippen LogP contribution in [0.4, 0.5) is 0 Å². The standard InChI is InChI=1S/C32H45NO5.C19H37NO5.C13H11N/c1-3-5-6-7-8-9-10-17-23-36-31-29(32(37-22-4-2)38-27(24-34)30(31)35)33-28(25-18-13-11-14-19-25)26-20-15-12-16-21-26;1-3-5-6-7-8-9-10-11-13-23-18-16(20)19(24-12-4-2)25-15(14-21)17(18)22;14-13(11-7-3-1-4-8-11)12-9-5-2-6-10-12/h4,11-16,18-22,27,29-32,34-35H,3,5-10,17,23-24H2,1-2H3;4,12,15-19,21-22H,3,5-11,13-14,20H2,1-2H3;1-10,14H/b22-4-;12-4-;/t;15?,16?,17?,18?,19-;/m.0./s1. The third kappa shape index (κ3) is 23.1. The van der Waals surface area contributed by atoms with E-state index < -0.39 is 61.3 Å². The normalized spacial score (nSPS) is 23.1. The highest BCUT2D eigenvalue weighted by molar-refractivity contribution is 6.13. The maximum absolute atomic E-state index is 11.2. The zero-order valence-electron chi connectivity index (χ0n) is 46.5. The first-order chi connectivity index (χ1) is 37.7. The molecule has 6 rings (SSSR count). The van der Waals surface area contributed by atoms with E-state index in [0.717, 1.165) is 53.6 Å². The Hall–Kier alpha value is -5.06. The number of ether oxygens (including phenoxy) is 6. The molecule has 0 aromatic heterocycles. The van der Waals surface area contributed by atoms with Gasteiger partial charge in [0.05, 0.1) is 43.2 Å². The first-order valence-corrected chi connectivity index (χ1v) is 28.5. The van der Waals surface area contributed by atoms with Gasteiger partial charge in [0.2, 0.25) is 12.6 Å². The number of benzene rings is 4. The van der Waals surface area contributed by atoms with Crippen molar-refractivity contribution in [3.63, 3.8) is 0 Å². The molecular weight excluding hydrogens is 971 g/mol. The number of rotatable bonds is 31. The number of allylic oxidation sites excluding steroid dienone is 2. The summed E-state index contributed by atoms with van der Waals surface area (Å²) in [5, 5.41) is 48.8. The number of hydrogen-bond donors (Lipinski definition) is 6. The minimum absolute atomic E-state index is 0.304. The first-order valence-electron chi connectivity index (χ1n) is 28.5. The lowest BCUT2D eigenvalue weighted by Gasteiger charge is -2.42. The van der Waals surface area contributed by atoms with Gasteiger partial charge < -0.3 is 54.6 Å². The molecule has 13 heteroatoms. The van der Waals surface area contributed by atoms with Gasteiger partial charge in [-0.05, 0) is 37.8 Å². The monoisotopic (exact) mass is 1060 g/mol. The highest BCUT2D eigenvalue weighted by atomic mass is 16.7. The van der Waals surface area contributed by atoms with Crippen LogP contribution in [0.1, 0.15) is 153 Å². The van der Waals surface area contributed by atoms with Crippen molar-refractivity contribution in [3.05, 3.63) is 168 Å². The molecule has 424 valence electrons. The van der Waals surface area contributed by atoms with Crippen molar-refractivity contribution in [1.82, 2.24) is 0 Å². The van der Waals surface area contributed by atoms with Gasteiger partial charge in [-0.1, -0.05) is 237 Å². The van der Waals surface area contributed by atoms with Gasteiger partial charge in [-0.15, -0.1) is 0 Å². The zero-order valence-corrected chi connectivity index (χ0v) is 46.5. The van der Waals surface area contributed by atoms with Gasteiger partial charge in [-0.3, -0.25) is 10.4 Å². The minimum Gasteiger partial charge on any atom is -0.471 e. The molecule has 10 atom stereocenters. The molecule has 2 fully saturated rings. The van der Waals surface area contributed by atoms with Gasteiger partial charge >= 0.3 is 0 Å². The second-order valence-corrected chi connectivity index (χ2v) is 19.6. The van der Waals surface area contributed by atoms with Crippen LogP contribution in [0.15, 0.2) is 151 Å². The number of nitrogens with one attached hydrogen (secondary N) is 1. The van der Waals surface area contributed by atoms with Crippen molar-refractivity contribution in [3.8, 4) is 0 Å². The minimum atomic E-state index is -1.04. The van der Waals surface area contributed by atoms with E-state index >= 15 is 0 Å². The van der Waals surface area contributed by atoms with Gasteiger partial charge in [0, 0.05) is 24.3 Å². The fourth-order valence-corrected chi connectivity index (χ4v) is 9.17. The predicted molar refractivity (Wildman–Crippen MR) is 309 cm³/mol. The summed E-state index contributed by atoms with van der Waals surface area (Å²) in [5.41, 5.74) is 11.3. The van der Waals surface area contributed by atoms with E-state index in [1.807, 2.05) is 135 Å². The first kappa shape index (κ1) is 64.5. The van der Waals surface area contributed by atoms with Gasteiger partial charge in [0.1, 0.15) is 42.7 Å². The molecule has 0 aliphatic carbocycles. The van der Waals surface area contributed by atoms with Crippen molar-refractivity contribution in [2.75, 3.05) is 26.4 Å². The summed E-state index contributed by atoms with van der Waals surface area (Å²) in [7, 11) is 0. The highest BCUT2D eigenvalue weighted by Crippen LogP contribution is 2.30. The van der Waals surface area contributed by atoms with E-state index in [-0.39, 0.29) is 13.2 Å². The van der Waals surface area contributed by atoms with Crippen LogP contribution >= 0.6 is 0 Å². The van der Waals surface area contributed by atoms with Gasteiger partial charge in [-0.25, -0.2) is 0 Å². The fraction of sp³-hybridized carbons (Fsp3) is 0.531. The van der Waals surface area contributed by atoms with Gasteiger partial charge in [0.25, 0.3) is 0 Å². The molecular formula is C64H93N3O10. The summed E-state index contributed by atoms with van der Waals surface area (Å²) in [6, 6.07) is 38.2. The van der Waals surface area contributed by atoms with E-state index in [2.05, 4.69) is 13.8 Å². The van der Waals surface area contributed by atoms with E-state index in [1.54, 1.807) is 18.4 Å². The SMILES string of the molecule is C/C=C\OC1OC(CO)C(O)C(OCCCCCCCCCC)C1N=C(c1ccccc1)c1ccccc1.C/C=C\O[C@H]1OC(CO)C(O)C(OCCCCCCCCCC)C1N.N=C(c1ccccc1)c1ccccc1. The van der Waals surface area contributed by atoms with E-state index in [9.17, 15) is 20.4 Å². The largest absolute Gasteiger partial charge is 0.471 e. The molecule has 77 heavy (non-hydrogen) atoms. The molecule has 0 bridgehead atoms. The van der Waals surface area contributed by atoms with Crippen LogP contribution in [0, 0.1) is 5.41 Å². The lowest BCUT2D eigenvalue weighted by Crippen LogP contribution is -2.63. The van der Waals surface area contributed by atoms with Crippen molar-refractivity contribution in [1.29, 1.82) is 5.41 Å². The van der Waals surface area contributed by atoms with Gasteiger partial charge in [-0.2, -0.15) is 0 Å². The van der Waals surface area contributed by atoms with E-state index in [1.165, 1.54) is 83.3 Å². The Bertz CT molecular complexity index is 2100. The van der Waals surface area contributed by atoms with E-state index in [4.69, 9.17) is 44.6 Å². The number of nitrogens with zero attached hydrogens (tertiary/aromatic N) is 1. The highest BCUT2D eigenvalue weighted by Gasteiger charge is 2.47. The van der Waals surface area contributed by atoms with Crippen LogP contribution < -0.4 is 5.73 Å². The average Bonchev–Trinajstić information content (AvgIpc) is 3.48. The lowest BCUT2D eigenvalue weighted by molar-refractivity contribution is -0.258. The van der Waals surface area contributed by atoms with Crippen LogP contribution in [0.25, 0.3) is 0 Å². The van der Waals surface area contributed by atoms with Crippen molar-refractivity contribution < 1.29 is 48.8 Å². The quantitative estimate of drug-likeness (QED) is 0.0159. The summed E-state index contributed by atoms with van der Waals surface area (Å²) in [5.74, 6) is 0. The molecule has 2 aliphatic rings. The molecule has 0 spiro atoms. The Morgan fingerprint density at radius 2 is 0.870 bits per heavy atom. The van der Waals surface area contributed by atoms with Crippen LogP contribution in [-0.4, -0.2) is 120 Å². The van der Waals surface area contributed by atoms with Crippen LogP contribution in [0.2, 0.25) is 0 Å². The Morgan fingerprint density at radius 3 is 1.27 bits per heavy atom. The third-order valence-corrected chi connectivity index (χ3v) is 13.5. The third-order valence-electron chi connectivity index (χ3n) is 13.5. The van der Waals surface area contributed by atoms with Crippen molar-refractivity contribution in [2.24, 2.45) is 10.7 Å². The number of hydrogen-bond acceptors (Lipinski definition) is 13. The van der Waals surface area contributed by atoms with Crippen LogP contribution in [0.3, 0.4) is 0 Å². The summed E-state index contributed by atoms with van der Waals surface area (Å²) < 4.78 is 35.0. The molecule has 7 N–H and O–H groups in total. The number of aliphatic hydroxyl groups excluding tert-OH is 4. The summed E-state index contributed by atoms with van der Waals surface area (Å²) >= 11 is 0.